The molecule has 0 aliphatic rings. The highest BCUT2D eigenvalue weighted by atomic mass is 16.5. The molecule has 1 amide bonds. The molecule has 0 aliphatic heterocycles. The lowest BCUT2D eigenvalue weighted by atomic mass is 10.1. The SMILES string of the molecule is CCCCC(Oc1ccc(C)cc1C)C(=O)Nc1cc(O)c(C)cc1Oc1ccc(C)cc1. The van der Waals surface area contributed by atoms with Crippen molar-refractivity contribution in [1.29, 1.82) is 0 Å². The van der Waals surface area contributed by atoms with Crippen molar-refractivity contribution >= 4 is 11.6 Å². The van der Waals surface area contributed by atoms with Crippen LogP contribution in [-0.2, 0) is 4.79 Å². The number of rotatable bonds is 9. The quantitative estimate of drug-likeness (QED) is 0.371. The fraction of sp³-hybridized carbons (Fsp3) is 0.321. The van der Waals surface area contributed by atoms with E-state index in [0.717, 1.165) is 29.5 Å². The van der Waals surface area contributed by atoms with Crippen LogP contribution in [0.1, 0.15) is 48.4 Å². The number of carbonyl (C=O) groups is 1. The molecule has 0 spiro atoms. The van der Waals surface area contributed by atoms with E-state index >= 15 is 0 Å². The second kappa shape index (κ2) is 10.9. The summed E-state index contributed by atoms with van der Waals surface area (Å²) >= 11 is 0. The molecule has 5 nitrogen and oxygen atoms in total. The molecule has 0 radical (unpaired) electrons. The Hall–Kier alpha value is -3.47. The number of unbranched alkanes of at least 4 members (excludes halogenated alkanes) is 1. The smallest absolute Gasteiger partial charge is 0.265 e. The van der Waals surface area contributed by atoms with Crippen LogP contribution in [0.2, 0.25) is 0 Å². The summed E-state index contributed by atoms with van der Waals surface area (Å²) in [6.07, 6.45) is 1.73. The number of nitrogens with one attached hydrogen (secondary N) is 1. The van der Waals surface area contributed by atoms with E-state index in [9.17, 15) is 9.90 Å². The van der Waals surface area contributed by atoms with Crippen LogP contribution >= 0.6 is 0 Å². The van der Waals surface area contributed by atoms with Crippen LogP contribution < -0.4 is 14.8 Å². The van der Waals surface area contributed by atoms with Gasteiger partial charge in [0.05, 0.1) is 5.69 Å². The average molecular weight is 448 g/mol. The predicted molar refractivity (Wildman–Crippen MR) is 133 cm³/mol. The number of phenolic OH excluding ortho intramolecular Hbond substituents is 1. The zero-order chi connectivity index (χ0) is 24.0. The van der Waals surface area contributed by atoms with Crippen LogP contribution in [0.15, 0.2) is 54.6 Å². The number of aryl methyl sites for hydroxylation is 4. The van der Waals surface area contributed by atoms with Crippen molar-refractivity contribution in [1.82, 2.24) is 0 Å². The number of benzene rings is 3. The molecule has 33 heavy (non-hydrogen) atoms. The Balaban J connectivity index is 1.85. The zero-order valence-electron chi connectivity index (χ0n) is 20.1. The molecule has 0 heterocycles. The van der Waals surface area contributed by atoms with E-state index < -0.39 is 6.10 Å². The maximum absolute atomic E-state index is 13.3. The first-order chi connectivity index (χ1) is 15.8. The number of ether oxygens (including phenoxy) is 2. The number of hydrogen-bond donors (Lipinski definition) is 2. The molecule has 174 valence electrons. The van der Waals surface area contributed by atoms with Crippen molar-refractivity contribution in [3.8, 4) is 23.0 Å². The van der Waals surface area contributed by atoms with Gasteiger partial charge in [0.25, 0.3) is 5.91 Å². The molecule has 3 aromatic rings. The van der Waals surface area contributed by atoms with E-state index in [-0.39, 0.29) is 11.7 Å². The van der Waals surface area contributed by atoms with Crippen molar-refractivity contribution in [2.24, 2.45) is 0 Å². The molecule has 3 rings (SSSR count). The van der Waals surface area contributed by atoms with E-state index in [0.29, 0.717) is 34.9 Å². The lowest BCUT2D eigenvalue weighted by molar-refractivity contribution is -0.123. The first-order valence-electron chi connectivity index (χ1n) is 11.4. The highest BCUT2D eigenvalue weighted by Gasteiger charge is 2.23. The first kappa shape index (κ1) is 24.2. The summed E-state index contributed by atoms with van der Waals surface area (Å²) in [7, 11) is 0. The van der Waals surface area contributed by atoms with E-state index in [2.05, 4.69) is 12.2 Å². The van der Waals surface area contributed by atoms with Crippen LogP contribution in [0, 0.1) is 27.7 Å². The minimum atomic E-state index is -0.665. The molecule has 0 aliphatic carbocycles. The molecular formula is C28H33NO4. The Kier molecular flexibility index (Phi) is 7.99. The van der Waals surface area contributed by atoms with Crippen LogP contribution in [0.4, 0.5) is 5.69 Å². The Bertz CT molecular complexity index is 1110. The molecule has 0 fully saturated rings. The Morgan fingerprint density at radius 3 is 2.27 bits per heavy atom. The number of hydrogen-bond acceptors (Lipinski definition) is 4. The first-order valence-corrected chi connectivity index (χ1v) is 11.4. The van der Waals surface area contributed by atoms with Gasteiger partial charge in [-0.25, -0.2) is 0 Å². The lowest BCUT2D eigenvalue weighted by Gasteiger charge is -2.21. The topological polar surface area (TPSA) is 67.8 Å². The van der Waals surface area contributed by atoms with Gasteiger partial charge in [0.1, 0.15) is 17.2 Å². The minimum Gasteiger partial charge on any atom is -0.508 e. The summed E-state index contributed by atoms with van der Waals surface area (Å²) in [6.45, 7) is 9.88. The summed E-state index contributed by atoms with van der Waals surface area (Å²) in [5, 5.41) is 13.2. The molecule has 1 unspecified atom stereocenters. The summed E-state index contributed by atoms with van der Waals surface area (Å²) in [4.78, 5) is 13.3. The van der Waals surface area contributed by atoms with Crippen LogP contribution in [0.5, 0.6) is 23.0 Å². The number of aromatic hydroxyl groups is 1. The van der Waals surface area contributed by atoms with Gasteiger partial charge in [0.2, 0.25) is 0 Å². The maximum atomic E-state index is 13.3. The molecule has 0 saturated carbocycles. The third kappa shape index (κ3) is 6.51. The standard InChI is InChI=1S/C28H33NO4/c1-6-7-8-26(33-25-14-11-19(3)15-21(25)5)28(31)29-23-17-24(30)20(4)16-27(23)32-22-12-9-18(2)10-13-22/h9-17,26,30H,6-8H2,1-5H3,(H,29,31). The molecule has 0 aromatic heterocycles. The maximum Gasteiger partial charge on any atom is 0.265 e. The summed E-state index contributed by atoms with van der Waals surface area (Å²) in [5.41, 5.74) is 4.31. The van der Waals surface area contributed by atoms with E-state index in [1.54, 1.807) is 13.0 Å². The molecule has 3 aromatic carbocycles. The highest BCUT2D eigenvalue weighted by molar-refractivity contribution is 5.96. The number of phenols is 1. The highest BCUT2D eigenvalue weighted by Crippen LogP contribution is 2.35. The van der Waals surface area contributed by atoms with Crippen molar-refractivity contribution < 1.29 is 19.4 Å². The second-order valence-electron chi connectivity index (χ2n) is 8.56. The number of amides is 1. The lowest BCUT2D eigenvalue weighted by Crippen LogP contribution is -2.33. The molecule has 5 heteroatoms. The van der Waals surface area contributed by atoms with Gasteiger partial charge in [-0.3, -0.25) is 4.79 Å². The summed E-state index contributed by atoms with van der Waals surface area (Å²) in [5.74, 6) is 1.61. The number of anilines is 1. The summed E-state index contributed by atoms with van der Waals surface area (Å²) in [6, 6.07) is 16.8. The van der Waals surface area contributed by atoms with Gasteiger partial charge in [-0.15, -0.1) is 0 Å². The zero-order valence-corrected chi connectivity index (χ0v) is 20.1. The normalized spacial score (nSPS) is 11.7. The third-order valence-corrected chi connectivity index (χ3v) is 5.52. The minimum absolute atomic E-state index is 0.0851. The van der Waals surface area contributed by atoms with E-state index in [1.165, 1.54) is 6.07 Å². The molecule has 0 saturated heterocycles. The van der Waals surface area contributed by atoms with Gasteiger partial charge in [-0.1, -0.05) is 48.7 Å². The molecule has 0 bridgehead atoms. The Labute approximate surface area is 196 Å². The third-order valence-electron chi connectivity index (χ3n) is 5.52. The van der Waals surface area contributed by atoms with Crippen LogP contribution in [0.25, 0.3) is 0 Å². The van der Waals surface area contributed by atoms with Crippen LogP contribution in [0.3, 0.4) is 0 Å². The molecule has 1 atom stereocenters. The predicted octanol–water partition coefficient (Wildman–Crippen LogP) is 6.99. The van der Waals surface area contributed by atoms with Crippen molar-refractivity contribution in [3.63, 3.8) is 0 Å². The monoisotopic (exact) mass is 447 g/mol. The number of carbonyl (C=O) groups excluding carboxylic acids is 1. The van der Waals surface area contributed by atoms with Crippen LogP contribution in [-0.4, -0.2) is 17.1 Å². The van der Waals surface area contributed by atoms with Gasteiger partial charge in [0.15, 0.2) is 11.9 Å². The molecule has 2 N–H and O–H groups in total. The van der Waals surface area contributed by atoms with Crippen molar-refractivity contribution in [3.05, 3.63) is 76.9 Å². The van der Waals surface area contributed by atoms with E-state index in [1.807, 2.05) is 63.2 Å². The molecular weight excluding hydrogens is 414 g/mol. The van der Waals surface area contributed by atoms with Crippen molar-refractivity contribution in [2.45, 2.75) is 60.0 Å². The summed E-state index contributed by atoms with van der Waals surface area (Å²) < 4.78 is 12.2. The fourth-order valence-corrected chi connectivity index (χ4v) is 3.52. The van der Waals surface area contributed by atoms with Gasteiger partial charge < -0.3 is 19.9 Å². The second-order valence-corrected chi connectivity index (χ2v) is 8.56. The van der Waals surface area contributed by atoms with Gasteiger partial charge in [0, 0.05) is 6.07 Å². The largest absolute Gasteiger partial charge is 0.508 e. The van der Waals surface area contributed by atoms with Gasteiger partial charge in [-0.05, 0) is 75.9 Å². The van der Waals surface area contributed by atoms with E-state index in [4.69, 9.17) is 9.47 Å². The Morgan fingerprint density at radius 1 is 0.909 bits per heavy atom. The van der Waals surface area contributed by atoms with Crippen molar-refractivity contribution in [2.75, 3.05) is 5.32 Å². The van der Waals surface area contributed by atoms with Gasteiger partial charge in [-0.2, -0.15) is 0 Å². The van der Waals surface area contributed by atoms with Gasteiger partial charge >= 0.3 is 0 Å². The average Bonchev–Trinajstić information content (AvgIpc) is 2.77. The fourth-order valence-electron chi connectivity index (χ4n) is 3.52. The Morgan fingerprint density at radius 2 is 1.61 bits per heavy atom.